The van der Waals surface area contributed by atoms with Crippen molar-refractivity contribution < 1.29 is 9.13 Å². The Morgan fingerprint density at radius 2 is 2.00 bits per heavy atom. The van der Waals surface area contributed by atoms with Crippen LogP contribution in [0, 0.1) is 12.9 Å². The molecular weight excluding hydrogens is 407 g/mol. The van der Waals surface area contributed by atoms with E-state index < -0.39 is 5.95 Å². The van der Waals surface area contributed by atoms with E-state index in [4.69, 9.17) is 4.74 Å². The highest BCUT2D eigenvalue weighted by molar-refractivity contribution is 5.80. The lowest BCUT2D eigenvalue weighted by molar-refractivity contribution is 0.122. The van der Waals surface area contributed by atoms with Gasteiger partial charge in [-0.25, -0.2) is 15.0 Å². The van der Waals surface area contributed by atoms with Crippen LogP contribution < -0.4 is 10.2 Å². The SMILES string of the molecule is Cc1cnc2[nH]cc(Cc3ccc(NCc4ccnc(N5CCOCC5)c4)nc3F)c2c1. The van der Waals surface area contributed by atoms with Crippen LogP contribution in [0.1, 0.15) is 22.3 Å². The number of H-pyrrole nitrogens is 1. The number of pyridine rings is 3. The standard InChI is InChI=1S/C24H25FN6O/c1-16-10-20-19(15-29-24(20)28-13-16)12-18-2-3-21(30-23(18)25)27-14-17-4-5-26-22(11-17)31-6-8-32-9-7-31/h2-5,10-11,13,15H,6-9,12,14H2,1H3,(H,27,30)(H,28,29). The predicted octanol–water partition coefficient (Wildman–Crippen LogP) is 3.84. The van der Waals surface area contributed by atoms with Gasteiger partial charge in [0.15, 0.2) is 0 Å². The third-order valence-corrected chi connectivity index (χ3v) is 5.68. The van der Waals surface area contributed by atoms with Gasteiger partial charge >= 0.3 is 0 Å². The summed E-state index contributed by atoms with van der Waals surface area (Å²) < 4.78 is 20.2. The van der Waals surface area contributed by atoms with Gasteiger partial charge in [0.1, 0.15) is 17.3 Å². The molecule has 0 aliphatic carbocycles. The van der Waals surface area contributed by atoms with Crippen LogP contribution >= 0.6 is 0 Å². The van der Waals surface area contributed by atoms with Crippen LogP contribution in [-0.2, 0) is 17.7 Å². The molecule has 32 heavy (non-hydrogen) atoms. The molecule has 0 bridgehead atoms. The largest absolute Gasteiger partial charge is 0.378 e. The third kappa shape index (κ3) is 4.40. The van der Waals surface area contributed by atoms with Crippen molar-refractivity contribution in [2.45, 2.75) is 19.9 Å². The molecule has 1 fully saturated rings. The van der Waals surface area contributed by atoms with Crippen LogP contribution in [0.4, 0.5) is 16.0 Å². The lowest BCUT2D eigenvalue weighted by Gasteiger charge is -2.28. The van der Waals surface area contributed by atoms with E-state index in [1.165, 1.54) is 0 Å². The molecule has 1 aliphatic rings. The van der Waals surface area contributed by atoms with Crippen LogP contribution in [0.25, 0.3) is 11.0 Å². The lowest BCUT2D eigenvalue weighted by atomic mass is 10.1. The molecule has 0 aromatic carbocycles. The summed E-state index contributed by atoms with van der Waals surface area (Å²) in [6, 6.07) is 9.68. The van der Waals surface area contributed by atoms with Crippen molar-refractivity contribution in [1.82, 2.24) is 19.9 Å². The van der Waals surface area contributed by atoms with E-state index in [0.29, 0.717) is 37.6 Å². The average Bonchev–Trinajstić information content (AvgIpc) is 3.22. The van der Waals surface area contributed by atoms with E-state index in [0.717, 1.165) is 46.6 Å². The van der Waals surface area contributed by atoms with E-state index in [1.54, 1.807) is 12.3 Å². The van der Waals surface area contributed by atoms with Crippen molar-refractivity contribution in [3.05, 3.63) is 77.1 Å². The highest BCUT2D eigenvalue weighted by Gasteiger charge is 2.13. The minimum atomic E-state index is -0.464. The minimum absolute atomic E-state index is 0.456. The number of nitrogens with one attached hydrogen (secondary N) is 2. The first kappa shape index (κ1) is 20.4. The second-order valence-corrected chi connectivity index (χ2v) is 8.02. The molecule has 0 radical (unpaired) electrons. The molecule has 0 saturated carbocycles. The first-order chi connectivity index (χ1) is 15.7. The number of anilines is 2. The highest BCUT2D eigenvalue weighted by Crippen LogP contribution is 2.22. The smallest absolute Gasteiger partial charge is 0.218 e. The number of aryl methyl sites for hydroxylation is 1. The summed E-state index contributed by atoms with van der Waals surface area (Å²) in [7, 11) is 0. The van der Waals surface area contributed by atoms with Crippen molar-refractivity contribution in [2.24, 2.45) is 0 Å². The normalized spacial score (nSPS) is 14.1. The van der Waals surface area contributed by atoms with Gasteiger partial charge in [0.25, 0.3) is 0 Å². The van der Waals surface area contributed by atoms with Gasteiger partial charge in [0.05, 0.1) is 13.2 Å². The Bertz CT molecular complexity index is 1230. The van der Waals surface area contributed by atoms with Gasteiger partial charge in [0.2, 0.25) is 5.95 Å². The van der Waals surface area contributed by atoms with Gasteiger partial charge in [-0.2, -0.15) is 4.39 Å². The second kappa shape index (κ2) is 8.92. The summed E-state index contributed by atoms with van der Waals surface area (Å²) in [5.41, 5.74) is 4.51. The maximum Gasteiger partial charge on any atom is 0.218 e. The summed E-state index contributed by atoms with van der Waals surface area (Å²) in [6.45, 7) is 5.65. The summed E-state index contributed by atoms with van der Waals surface area (Å²) in [5, 5.41) is 4.23. The van der Waals surface area contributed by atoms with Crippen LogP contribution in [-0.4, -0.2) is 46.2 Å². The van der Waals surface area contributed by atoms with Gasteiger partial charge in [-0.15, -0.1) is 0 Å². The van der Waals surface area contributed by atoms with Crippen molar-refractivity contribution in [3.63, 3.8) is 0 Å². The molecule has 2 N–H and O–H groups in total. The number of ether oxygens (including phenoxy) is 1. The van der Waals surface area contributed by atoms with Crippen LogP contribution in [0.3, 0.4) is 0 Å². The number of aromatic nitrogens is 4. The Balaban J connectivity index is 1.26. The number of rotatable bonds is 6. The summed E-state index contributed by atoms with van der Waals surface area (Å²) in [5.74, 6) is 0.978. The predicted molar refractivity (Wildman–Crippen MR) is 122 cm³/mol. The molecule has 4 aromatic heterocycles. The fraction of sp³-hybridized carbons (Fsp3) is 0.292. The van der Waals surface area contributed by atoms with E-state index >= 15 is 0 Å². The molecule has 0 unspecified atom stereocenters. The summed E-state index contributed by atoms with van der Waals surface area (Å²) in [6.07, 6.45) is 5.96. The Kier molecular flexibility index (Phi) is 5.68. The number of morpholine rings is 1. The topological polar surface area (TPSA) is 79.0 Å². The zero-order valence-electron chi connectivity index (χ0n) is 17.9. The van der Waals surface area contributed by atoms with Gasteiger partial charge < -0.3 is 19.9 Å². The zero-order chi connectivity index (χ0) is 21.9. The molecule has 0 amide bonds. The monoisotopic (exact) mass is 432 g/mol. The molecule has 0 spiro atoms. The molecule has 8 heteroatoms. The summed E-state index contributed by atoms with van der Waals surface area (Å²) in [4.78, 5) is 18.3. The quantitative estimate of drug-likeness (QED) is 0.451. The molecule has 7 nitrogen and oxygen atoms in total. The average molecular weight is 433 g/mol. The number of aromatic amines is 1. The fourth-order valence-electron chi connectivity index (χ4n) is 3.94. The van der Waals surface area contributed by atoms with Crippen LogP contribution in [0.2, 0.25) is 0 Å². The number of halogens is 1. The van der Waals surface area contributed by atoms with Crippen molar-refractivity contribution in [2.75, 3.05) is 36.5 Å². The van der Waals surface area contributed by atoms with Crippen molar-refractivity contribution in [3.8, 4) is 0 Å². The van der Waals surface area contributed by atoms with Crippen LogP contribution in [0.5, 0.6) is 0 Å². The Hall–Kier alpha value is -3.52. The molecule has 5 heterocycles. The van der Waals surface area contributed by atoms with Crippen molar-refractivity contribution >= 4 is 22.7 Å². The molecule has 164 valence electrons. The van der Waals surface area contributed by atoms with Crippen LogP contribution in [0.15, 0.2) is 48.9 Å². The fourth-order valence-corrected chi connectivity index (χ4v) is 3.94. The summed E-state index contributed by atoms with van der Waals surface area (Å²) >= 11 is 0. The van der Waals surface area contributed by atoms with Gasteiger partial charge in [-0.1, -0.05) is 6.07 Å². The van der Waals surface area contributed by atoms with Crippen molar-refractivity contribution in [1.29, 1.82) is 0 Å². The maximum absolute atomic E-state index is 14.7. The van der Waals surface area contributed by atoms with E-state index in [9.17, 15) is 4.39 Å². The van der Waals surface area contributed by atoms with E-state index in [-0.39, 0.29) is 0 Å². The molecule has 1 saturated heterocycles. The molecule has 5 rings (SSSR count). The Labute approximate surface area is 185 Å². The minimum Gasteiger partial charge on any atom is -0.378 e. The number of hydrogen-bond donors (Lipinski definition) is 2. The van der Waals surface area contributed by atoms with E-state index in [1.807, 2.05) is 31.5 Å². The molecular formula is C24H25FN6O. The second-order valence-electron chi connectivity index (χ2n) is 8.02. The third-order valence-electron chi connectivity index (χ3n) is 5.68. The first-order valence-corrected chi connectivity index (χ1v) is 10.8. The molecule has 0 atom stereocenters. The van der Waals surface area contributed by atoms with Gasteiger partial charge in [-0.05, 0) is 47.9 Å². The van der Waals surface area contributed by atoms with Gasteiger partial charge in [0, 0.05) is 55.6 Å². The highest BCUT2D eigenvalue weighted by atomic mass is 19.1. The van der Waals surface area contributed by atoms with Gasteiger partial charge in [-0.3, -0.25) is 0 Å². The Morgan fingerprint density at radius 1 is 1.12 bits per heavy atom. The number of fused-ring (bicyclic) bond motifs is 1. The lowest BCUT2D eigenvalue weighted by Crippen LogP contribution is -2.36. The first-order valence-electron chi connectivity index (χ1n) is 10.8. The zero-order valence-corrected chi connectivity index (χ0v) is 17.9. The maximum atomic E-state index is 14.7. The molecule has 4 aromatic rings. The van der Waals surface area contributed by atoms with E-state index in [2.05, 4.69) is 42.3 Å². The number of nitrogens with zero attached hydrogens (tertiary/aromatic N) is 4. The number of hydrogen-bond acceptors (Lipinski definition) is 6. The molecule has 1 aliphatic heterocycles. The Morgan fingerprint density at radius 3 is 2.84 bits per heavy atom.